The number of hydrogen-bond acceptors (Lipinski definition) is 13. The Labute approximate surface area is 394 Å². The Bertz CT molecular complexity index is 3310. The Kier molecular flexibility index (Phi) is 10.3. The third-order valence-corrected chi connectivity index (χ3v) is 13.9. The number of likely N-dealkylation sites (N-methyl/N-ethyl adjacent to an activating group) is 1. The van der Waals surface area contributed by atoms with Gasteiger partial charge in [0.05, 0.1) is 18.4 Å². The van der Waals surface area contributed by atoms with Gasteiger partial charge >= 0.3 is 0 Å². The van der Waals surface area contributed by atoms with E-state index in [4.69, 9.17) is 15.0 Å². The van der Waals surface area contributed by atoms with Crippen molar-refractivity contribution >= 4 is 46.2 Å². The van der Waals surface area contributed by atoms with Crippen molar-refractivity contribution in [1.29, 1.82) is 0 Å². The lowest BCUT2D eigenvalue weighted by molar-refractivity contribution is -0.144. The predicted octanol–water partition coefficient (Wildman–Crippen LogP) is 8.77. The zero-order valence-electron chi connectivity index (χ0n) is 36.7. The van der Waals surface area contributed by atoms with Gasteiger partial charge in [0, 0.05) is 102 Å². The second-order valence-electron chi connectivity index (χ2n) is 17.2. The van der Waals surface area contributed by atoms with Crippen LogP contribution in [0.1, 0.15) is 50.1 Å². The number of fused-ring (bicyclic) bond motifs is 2. The molecule has 8 heterocycles. The van der Waals surface area contributed by atoms with Crippen LogP contribution in [0.2, 0.25) is 0 Å². The quantitative estimate of drug-likeness (QED) is 0.0967. The van der Waals surface area contributed by atoms with Crippen molar-refractivity contribution in [2.75, 3.05) is 17.7 Å². The highest BCUT2D eigenvalue weighted by Gasteiger charge is 2.45. The number of anilines is 4. The Morgan fingerprint density at radius 1 is 0.618 bits per heavy atom. The van der Waals surface area contributed by atoms with Crippen LogP contribution in [0.3, 0.4) is 0 Å². The number of benzene rings is 4. The number of hydrogen-bond donors (Lipinski definition) is 4. The maximum atomic E-state index is 14.4. The number of carbonyl (C=O) groups is 2. The lowest BCUT2D eigenvalue weighted by atomic mass is 9.83. The zero-order valence-corrected chi connectivity index (χ0v) is 37.5. The van der Waals surface area contributed by atoms with E-state index in [1.165, 1.54) is 11.3 Å². The number of likely N-dealkylation sites (tertiary alicyclic amines) is 1. The van der Waals surface area contributed by atoms with E-state index in [1.807, 2.05) is 101 Å². The molecule has 3 aliphatic heterocycles. The second-order valence-corrected chi connectivity index (χ2v) is 18.1. The molecule has 4 N–H and O–H groups in total. The summed E-state index contributed by atoms with van der Waals surface area (Å²) in [5, 5.41) is 22.9. The number of nitrogens with one attached hydrogen (secondary N) is 4. The molecule has 1 saturated heterocycles. The summed E-state index contributed by atoms with van der Waals surface area (Å²) < 4.78 is 0. The molecule has 9 aromatic rings. The molecule has 2 unspecified atom stereocenters. The largest absolute Gasteiger partial charge is 0.340 e. The van der Waals surface area contributed by atoms with E-state index in [-0.39, 0.29) is 23.9 Å². The van der Waals surface area contributed by atoms with Gasteiger partial charge < -0.3 is 20.4 Å². The molecule has 0 bridgehead atoms. The highest BCUT2D eigenvalue weighted by molar-refractivity contribution is 7.11. The van der Waals surface area contributed by atoms with Gasteiger partial charge in [-0.25, -0.2) is 24.9 Å². The molecule has 2 atom stereocenters. The van der Waals surface area contributed by atoms with Crippen LogP contribution in [0.25, 0.3) is 45.0 Å². The van der Waals surface area contributed by atoms with Crippen LogP contribution < -0.4 is 10.6 Å². The number of rotatable bonds is 11. The molecule has 3 aliphatic rings. The fourth-order valence-electron chi connectivity index (χ4n) is 9.46. The average Bonchev–Trinajstić information content (AvgIpc) is 4.24. The molecule has 1 fully saturated rings. The fraction of sp³-hybridized carbons (Fsp3) is 0.157. The smallest absolute Gasteiger partial charge is 0.283 e. The normalized spacial score (nSPS) is 16.3. The van der Waals surface area contributed by atoms with Crippen molar-refractivity contribution in [2.24, 2.45) is 0 Å². The van der Waals surface area contributed by atoms with Gasteiger partial charge in [-0.1, -0.05) is 36.4 Å². The van der Waals surface area contributed by atoms with Crippen LogP contribution in [0, 0.1) is 0 Å². The molecule has 0 aliphatic carbocycles. The summed E-state index contributed by atoms with van der Waals surface area (Å²) in [7, 11) is 2.02. The minimum atomic E-state index is -0.300. The number of aromatic amines is 2. The van der Waals surface area contributed by atoms with Gasteiger partial charge in [-0.05, 0) is 107 Å². The van der Waals surface area contributed by atoms with Crippen LogP contribution >= 0.6 is 11.3 Å². The number of amides is 2. The molecule has 2 amide bonds. The molecule has 16 nitrogen and oxygen atoms in total. The highest BCUT2D eigenvalue weighted by Crippen LogP contribution is 2.45. The van der Waals surface area contributed by atoms with Gasteiger partial charge in [-0.2, -0.15) is 10.2 Å². The van der Waals surface area contributed by atoms with Crippen molar-refractivity contribution in [1.82, 2.24) is 60.0 Å². The van der Waals surface area contributed by atoms with E-state index < -0.39 is 0 Å². The third-order valence-electron chi connectivity index (χ3n) is 13.1. The van der Waals surface area contributed by atoms with Crippen LogP contribution in [-0.4, -0.2) is 84.9 Å². The standard InChI is InChI=1S/C51H42N14O2S/c1-63-43(21-44(63)50(66)64-26-33-3-2-32(18-35(33)27-64)47-52-14-12-45(61-47)59-39-8-4-30(5-9-39)37-22-55-56-23-37)41-20-34(19-36-28-65(29-42(36)41)51(67)49-54-16-17-68-49)48-53-15-13-46(62-48)60-40-10-6-31(7-11-40)38-24-57-58-25-38/h2-20,22-25,43-44H,21,26-29H2,1H3,(H,55,56)(H,57,58)(H,52,59,61)(H,53,60,62). The van der Waals surface area contributed by atoms with Crippen molar-refractivity contribution in [3.63, 3.8) is 0 Å². The molecular formula is C51H42N14O2S. The van der Waals surface area contributed by atoms with Gasteiger partial charge in [-0.3, -0.25) is 24.7 Å². The van der Waals surface area contributed by atoms with Gasteiger partial charge in [-0.15, -0.1) is 11.3 Å². The third kappa shape index (κ3) is 7.82. The van der Waals surface area contributed by atoms with E-state index in [1.54, 1.807) is 31.0 Å². The molecule has 0 saturated carbocycles. The Balaban J connectivity index is 0.752. The first-order chi connectivity index (χ1) is 33.4. The number of carbonyl (C=O) groups excluding carboxylic acids is 2. The summed E-state index contributed by atoms with van der Waals surface area (Å²) in [5.41, 5.74) is 13.1. The number of aromatic nitrogens is 9. The summed E-state index contributed by atoms with van der Waals surface area (Å²) in [6.07, 6.45) is 13.1. The maximum Gasteiger partial charge on any atom is 0.283 e. The number of thiazole rings is 1. The predicted molar refractivity (Wildman–Crippen MR) is 258 cm³/mol. The minimum Gasteiger partial charge on any atom is -0.340 e. The maximum absolute atomic E-state index is 14.4. The van der Waals surface area contributed by atoms with Crippen LogP contribution in [0.5, 0.6) is 0 Å². The monoisotopic (exact) mass is 914 g/mol. The highest BCUT2D eigenvalue weighted by atomic mass is 32.1. The van der Waals surface area contributed by atoms with E-state index in [2.05, 4.69) is 70.2 Å². The lowest BCUT2D eigenvalue weighted by Crippen LogP contribution is -2.56. The SMILES string of the molecule is CN1C(C(=O)N2Cc3ccc(-c4nccc(Nc5ccc(-c6cn[nH]c6)cc5)n4)cc3C2)CC1c1cc(-c2nccc(Nc3ccc(-c4cn[nH]c4)cc3)n2)cc2c1CN(C(=O)c1nccs1)C2. The summed E-state index contributed by atoms with van der Waals surface area (Å²) in [4.78, 5) is 57.4. The molecular weight excluding hydrogens is 873 g/mol. The molecule has 17 heteroatoms. The number of H-pyrrole nitrogens is 2. The van der Waals surface area contributed by atoms with Crippen LogP contribution in [0.4, 0.5) is 23.0 Å². The van der Waals surface area contributed by atoms with E-state index >= 15 is 0 Å². The van der Waals surface area contributed by atoms with Crippen molar-refractivity contribution < 1.29 is 9.59 Å². The van der Waals surface area contributed by atoms with Crippen molar-refractivity contribution in [3.05, 3.63) is 173 Å². The van der Waals surface area contributed by atoms with E-state index in [0.717, 1.165) is 72.6 Å². The zero-order chi connectivity index (χ0) is 45.7. The lowest BCUT2D eigenvalue weighted by Gasteiger charge is -2.47. The molecule has 12 rings (SSSR count). The van der Waals surface area contributed by atoms with E-state index in [9.17, 15) is 9.59 Å². The first-order valence-corrected chi connectivity index (χ1v) is 23.1. The van der Waals surface area contributed by atoms with Crippen molar-refractivity contribution in [3.8, 4) is 45.0 Å². The average molecular weight is 915 g/mol. The molecule has 5 aromatic heterocycles. The minimum absolute atomic E-state index is 0.0494. The molecule has 334 valence electrons. The molecule has 0 radical (unpaired) electrons. The number of nitrogens with zero attached hydrogens (tertiary/aromatic N) is 10. The summed E-state index contributed by atoms with van der Waals surface area (Å²) in [6, 6.07) is 30.0. The first kappa shape index (κ1) is 41.1. The van der Waals surface area contributed by atoms with E-state index in [0.29, 0.717) is 60.9 Å². The van der Waals surface area contributed by atoms with Crippen LogP contribution in [0.15, 0.2) is 140 Å². The van der Waals surface area contributed by atoms with Gasteiger partial charge in [0.15, 0.2) is 16.7 Å². The topological polar surface area (TPSA) is 190 Å². The second kappa shape index (κ2) is 17.1. The molecule has 68 heavy (non-hydrogen) atoms. The van der Waals surface area contributed by atoms with Gasteiger partial charge in [0.2, 0.25) is 5.91 Å². The summed E-state index contributed by atoms with van der Waals surface area (Å²) in [6.45, 7) is 1.94. The fourth-order valence-corrected chi connectivity index (χ4v) is 10.1. The van der Waals surface area contributed by atoms with Gasteiger partial charge in [0.1, 0.15) is 11.6 Å². The Morgan fingerprint density at radius 3 is 1.82 bits per heavy atom. The Morgan fingerprint density at radius 2 is 1.22 bits per heavy atom. The summed E-state index contributed by atoms with van der Waals surface area (Å²) >= 11 is 1.34. The van der Waals surface area contributed by atoms with Crippen molar-refractivity contribution in [2.45, 2.75) is 44.7 Å². The summed E-state index contributed by atoms with van der Waals surface area (Å²) in [5.74, 6) is 2.50. The molecule has 4 aromatic carbocycles. The van der Waals surface area contributed by atoms with Gasteiger partial charge in [0.25, 0.3) is 5.91 Å². The molecule has 0 spiro atoms. The first-order valence-electron chi connectivity index (χ1n) is 22.2. The Hall–Kier alpha value is -8.41. The van der Waals surface area contributed by atoms with Crippen LogP contribution in [-0.2, 0) is 31.0 Å².